The van der Waals surface area contributed by atoms with Crippen molar-refractivity contribution in [1.29, 1.82) is 0 Å². The Labute approximate surface area is 114 Å². The maximum atomic E-state index is 12.0. The number of carbonyl (C=O) groups is 1. The molecule has 1 aromatic rings. The molecule has 0 aromatic carbocycles. The highest BCUT2D eigenvalue weighted by Crippen LogP contribution is 2.13. The van der Waals surface area contributed by atoms with Crippen LogP contribution >= 0.6 is 0 Å². The normalized spacial score (nSPS) is 19.8. The molecule has 0 aliphatic carbocycles. The monoisotopic (exact) mass is 264 g/mol. The second kappa shape index (κ2) is 6.80. The van der Waals surface area contributed by atoms with Crippen LogP contribution in [0.15, 0.2) is 6.33 Å². The van der Waals surface area contributed by atoms with E-state index in [-0.39, 0.29) is 11.8 Å². The van der Waals surface area contributed by atoms with Gasteiger partial charge in [-0.05, 0) is 39.7 Å². The molecule has 2 rings (SSSR count). The van der Waals surface area contributed by atoms with Crippen molar-refractivity contribution in [3.05, 3.63) is 12.2 Å². The zero-order valence-corrected chi connectivity index (χ0v) is 11.9. The van der Waals surface area contributed by atoms with Crippen LogP contribution < -0.4 is 5.32 Å². The highest BCUT2D eigenvalue weighted by Gasteiger charge is 2.16. The minimum absolute atomic E-state index is 0.255. The molecule has 1 atom stereocenters. The number of carbonyl (C=O) groups excluding carboxylic acids is 1. The molecule has 106 valence electrons. The van der Waals surface area contributed by atoms with Crippen molar-refractivity contribution in [3.63, 3.8) is 0 Å². The molecule has 0 radical (unpaired) electrons. The molecule has 19 heavy (non-hydrogen) atoms. The van der Waals surface area contributed by atoms with Crippen molar-refractivity contribution in [3.8, 4) is 0 Å². The Morgan fingerprint density at radius 2 is 2.37 bits per heavy atom. The van der Waals surface area contributed by atoms with Crippen LogP contribution in [0, 0.1) is 0 Å². The average Bonchev–Trinajstić information content (AvgIpc) is 2.86. The van der Waals surface area contributed by atoms with Crippen LogP contribution in [0.1, 0.15) is 57.8 Å². The van der Waals surface area contributed by atoms with E-state index in [1.165, 1.54) is 25.6 Å². The standard InChI is InChI=1S/C14H24N4O/c1-11(2)18-14(16-10-17-18)9-13(19)7-6-12-5-3-4-8-15-12/h10-12,15H,3-9H2,1-2H3. The van der Waals surface area contributed by atoms with Gasteiger partial charge in [0, 0.05) is 18.5 Å². The van der Waals surface area contributed by atoms with Gasteiger partial charge in [0.25, 0.3) is 0 Å². The van der Waals surface area contributed by atoms with Gasteiger partial charge in [-0.25, -0.2) is 9.67 Å². The maximum Gasteiger partial charge on any atom is 0.140 e. The molecule has 1 N–H and O–H groups in total. The first kappa shape index (κ1) is 14.2. The second-order valence-electron chi connectivity index (χ2n) is 5.62. The van der Waals surface area contributed by atoms with Gasteiger partial charge in [0.05, 0.1) is 6.42 Å². The topological polar surface area (TPSA) is 59.8 Å². The number of nitrogens with zero attached hydrogens (tertiary/aromatic N) is 3. The lowest BCUT2D eigenvalue weighted by Crippen LogP contribution is -2.34. The molecule has 5 nitrogen and oxygen atoms in total. The molecule has 0 amide bonds. The van der Waals surface area contributed by atoms with E-state index in [0.29, 0.717) is 18.9 Å². The molecule has 1 aliphatic rings. The third-order valence-electron chi connectivity index (χ3n) is 3.68. The SMILES string of the molecule is CC(C)n1ncnc1CC(=O)CCC1CCCCN1. The summed E-state index contributed by atoms with van der Waals surface area (Å²) in [5.74, 6) is 1.05. The lowest BCUT2D eigenvalue weighted by Gasteiger charge is -2.22. The number of aromatic nitrogens is 3. The van der Waals surface area contributed by atoms with Gasteiger partial charge in [0.1, 0.15) is 17.9 Å². The van der Waals surface area contributed by atoms with Crippen molar-refractivity contribution in [2.45, 2.75) is 64.5 Å². The lowest BCUT2D eigenvalue weighted by atomic mass is 9.99. The van der Waals surface area contributed by atoms with Gasteiger partial charge in [0.2, 0.25) is 0 Å². The fourth-order valence-electron chi connectivity index (χ4n) is 2.60. The fraction of sp³-hybridized carbons (Fsp3) is 0.786. The summed E-state index contributed by atoms with van der Waals surface area (Å²) in [4.78, 5) is 16.2. The number of ketones is 1. The van der Waals surface area contributed by atoms with Crippen LogP contribution in [0.5, 0.6) is 0 Å². The summed E-state index contributed by atoms with van der Waals surface area (Å²) < 4.78 is 1.83. The molecular formula is C14H24N4O. The third-order valence-corrected chi connectivity index (χ3v) is 3.68. The number of Topliss-reactive ketones (excluding diaryl/α,β-unsaturated/α-hetero) is 1. The van der Waals surface area contributed by atoms with Crippen molar-refractivity contribution < 1.29 is 4.79 Å². The number of hydrogen-bond donors (Lipinski definition) is 1. The van der Waals surface area contributed by atoms with Crippen molar-refractivity contribution in [2.24, 2.45) is 0 Å². The molecule has 0 saturated carbocycles. The van der Waals surface area contributed by atoms with Gasteiger partial charge < -0.3 is 5.32 Å². The molecule has 1 saturated heterocycles. The van der Waals surface area contributed by atoms with E-state index in [1.807, 2.05) is 4.68 Å². The largest absolute Gasteiger partial charge is 0.314 e. The van der Waals surface area contributed by atoms with Gasteiger partial charge in [0.15, 0.2) is 0 Å². The first-order valence-electron chi connectivity index (χ1n) is 7.30. The minimum Gasteiger partial charge on any atom is -0.314 e. The molecule has 1 fully saturated rings. The van der Waals surface area contributed by atoms with E-state index in [9.17, 15) is 4.79 Å². The van der Waals surface area contributed by atoms with Gasteiger partial charge >= 0.3 is 0 Å². The molecule has 1 aromatic heterocycles. The summed E-state index contributed by atoms with van der Waals surface area (Å²) >= 11 is 0. The van der Waals surface area contributed by atoms with E-state index < -0.39 is 0 Å². The Morgan fingerprint density at radius 1 is 1.53 bits per heavy atom. The summed E-state index contributed by atoms with van der Waals surface area (Å²) in [6.45, 7) is 5.20. The van der Waals surface area contributed by atoms with Crippen molar-refractivity contribution in [2.75, 3.05) is 6.54 Å². The van der Waals surface area contributed by atoms with E-state index >= 15 is 0 Å². The van der Waals surface area contributed by atoms with Crippen molar-refractivity contribution >= 4 is 5.78 Å². The molecular weight excluding hydrogens is 240 g/mol. The summed E-state index contributed by atoms with van der Waals surface area (Å²) in [7, 11) is 0. The predicted molar refractivity (Wildman–Crippen MR) is 74.0 cm³/mol. The Balaban J connectivity index is 1.78. The van der Waals surface area contributed by atoms with Gasteiger partial charge in [-0.15, -0.1) is 0 Å². The number of hydrogen-bond acceptors (Lipinski definition) is 4. The quantitative estimate of drug-likeness (QED) is 0.852. The summed E-state index contributed by atoms with van der Waals surface area (Å²) in [6, 6.07) is 0.783. The smallest absolute Gasteiger partial charge is 0.140 e. The Hall–Kier alpha value is -1.23. The van der Waals surface area contributed by atoms with E-state index in [1.54, 1.807) is 0 Å². The van der Waals surface area contributed by atoms with Crippen LogP contribution in [0.4, 0.5) is 0 Å². The van der Waals surface area contributed by atoms with E-state index in [4.69, 9.17) is 0 Å². The van der Waals surface area contributed by atoms with Crippen LogP contribution in [-0.2, 0) is 11.2 Å². The van der Waals surface area contributed by atoms with Crippen LogP contribution in [0.25, 0.3) is 0 Å². The Kier molecular flexibility index (Phi) is 5.07. The highest BCUT2D eigenvalue weighted by molar-refractivity contribution is 5.80. The molecule has 0 spiro atoms. The maximum absolute atomic E-state index is 12.0. The van der Waals surface area contributed by atoms with Gasteiger partial charge in [-0.1, -0.05) is 6.42 Å². The zero-order chi connectivity index (χ0) is 13.7. The number of rotatable bonds is 6. The summed E-state index contributed by atoms with van der Waals surface area (Å²) in [6.07, 6.45) is 7.29. The summed E-state index contributed by atoms with van der Waals surface area (Å²) in [5, 5.41) is 7.64. The first-order valence-corrected chi connectivity index (χ1v) is 7.30. The van der Waals surface area contributed by atoms with Crippen LogP contribution in [0.2, 0.25) is 0 Å². The van der Waals surface area contributed by atoms with Crippen molar-refractivity contribution in [1.82, 2.24) is 20.1 Å². The van der Waals surface area contributed by atoms with Gasteiger partial charge in [-0.2, -0.15) is 5.10 Å². The summed E-state index contributed by atoms with van der Waals surface area (Å²) in [5.41, 5.74) is 0. The van der Waals surface area contributed by atoms with E-state index in [0.717, 1.165) is 18.8 Å². The molecule has 0 bridgehead atoms. The molecule has 2 heterocycles. The molecule has 5 heteroatoms. The first-order chi connectivity index (χ1) is 9.16. The van der Waals surface area contributed by atoms with Crippen LogP contribution in [0.3, 0.4) is 0 Å². The zero-order valence-electron chi connectivity index (χ0n) is 11.9. The highest BCUT2D eigenvalue weighted by atomic mass is 16.1. The molecule has 1 unspecified atom stereocenters. The Bertz CT molecular complexity index is 407. The fourth-order valence-corrected chi connectivity index (χ4v) is 2.60. The second-order valence-corrected chi connectivity index (χ2v) is 5.62. The lowest BCUT2D eigenvalue weighted by molar-refractivity contribution is -0.118. The number of piperidine rings is 1. The van der Waals surface area contributed by atoms with Crippen LogP contribution in [-0.4, -0.2) is 33.1 Å². The number of nitrogens with one attached hydrogen (secondary N) is 1. The third kappa shape index (κ3) is 4.13. The van der Waals surface area contributed by atoms with E-state index in [2.05, 4.69) is 29.2 Å². The predicted octanol–water partition coefficient (Wildman–Crippen LogP) is 1.89. The minimum atomic E-state index is 0.255. The Morgan fingerprint density at radius 3 is 3.05 bits per heavy atom. The van der Waals surface area contributed by atoms with Gasteiger partial charge in [-0.3, -0.25) is 4.79 Å². The molecule has 1 aliphatic heterocycles. The average molecular weight is 264 g/mol.